The van der Waals surface area contributed by atoms with Gasteiger partial charge in [0.1, 0.15) is 18.1 Å². The molecule has 4 unspecified atom stereocenters. The lowest BCUT2D eigenvalue weighted by molar-refractivity contribution is -0.143. The number of aliphatic hydroxyl groups is 1. The average molecular weight is 538 g/mol. The third kappa shape index (κ3) is 7.88. The lowest BCUT2D eigenvalue weighted by Crippen LogP contribution is -2.59. The zero-order chi connectivity index (χ0) is 28.5. The number of aromatic amines is 1. The smallest absolute Gasteiger partial charge is 0.328 e. The number of carbonyl (C=O) groups excluding carboxylic acids is 3. The molecule has 0 aliphatic rings. The Hall–Kier alpha value is -4.22. The number of hydrogen-bond donors (Lipinski definition) is 7. The number of H-pyrrole nitrogens is 1. The Morgan fingerprint density at radius 3 is 2.13 bits per heavy atom. The zero-order valence-electron chi connectivity index (χ0n) is 21.9. The first kappa shape index (κ1) is 29.3. The third-order valence-corrected chi connectivity index (χ3v) is 6.41. The summed E-state index contributed by atoms with van der Waals surface area (Å²) in [6.45, 7) is 2.68. The van der Waals surface area contributed by atoms with Gasteiger partial charge in [0, 0.05) is 23.5 Å². The lowest BCUT2D eigenvalue weighted by atomic mass is 9.99. The number of carbonyl (C=O) groups is 4. The molecule has 0 saturated heterocycles. The molecule has 0 saturated carbocycles. The molecule has 11 heteroatoms. The third-order valence-electron chi connectivity index (χ3n) is 6.41. The molecule has 1 aromatic heterocycles. The molecule has 2 aromatic carbocycles. The number of nitrogens with one attached hydrogen (secondary N) is 4. The van der Waals surface area contributed by atoms with E-state index in [-0.39, 0.29) is 18.8 Å². The van der Waals surface area contributed by atoms with Gasteiger partial charge < -0.3 is 36.9 Å². The number of aliphatic carboxylic acids is 1. The summed E-state index contributed by atoms with van der Waals surface area (Å²) in [5, 5.41) is 27.1. The normalized spacial score (nSPS) is 14.3. The van der Waals surface area contributed by atoms with E-state index in [1.54, 1.807) is 50.4 Å². The number of rotatable bonds is 13. The quantitative estimate of drug-likeness (QED) is 0.165. The summed E-state index contributed by atoms with van der Waals surface area (Å²) in [5.41, 5.74) is 8.71. The molecule has 4 atom stereocenters. The van der Waals surface area contributed by atoms with Gasteiger partial charge in [-0.05, 0) is 29.5 Å². The molecule has 3 rings (SSSR count). The predicted octanol–water partition coefficient (Wildman–Crippen LogP) is 0.468. The van der Waals surface area contributed by atoms with Crippen molar-refractivity contribution in [2.24, 2.45) is 11.7 Å². The van der Waals surface area contributed by atoms with Gasteiger partial charge in [0.15, 0.2) is 0 Å². The molecule has 0 aliphatic heterocycles. The largest absolute Gasteiger partial charge is 0.480 e. The van der Waals surface area contributed by atoms with Crippen LogP contribution in [0, 0.1) is 5.92 Å². The van der Waals surface area contributed by atoms with Gasteiger partial charge in [-0.15, -0.1) is 0 Å². The van der Waals surface area contributed by atoms with Gasteiger partial charge in [0.2, 0.25) is 17.7 Å². The van der Waals surface area contributed by atoms with Crippen LogP contribution >= 0.6 is 0 Å². The molecule has 1 heterocycles. The van der Waals surface area contributed by atoms with E-state index in [2.05, 4.69) is 20.9 Å². The Labute approximate surface area is 226 Å². The van der Waals surface area contributed by atoms with Crippen molar-refractivity contribution in [3.8, 4) is 0 Å². The number of para-hydroxylation sites is 1. The number of aliphatic hydroxyl groups excluding tert-OH is 1. The van der Waals surface area contributed by atoms with Gasteiger partial charge in [-0.3, -0.25) is 14.4 Å². The van der Waals surface area contributed by atoms with Crippen molar-refractivity contribution in [2.75, 3.05) is 6.61 Å². The van der Waals surface area contributed by atoms with Crippen molar-refractivity contribution >= 4 is 34.6 Å². The van der Waals surface area contributed by atoms with E-state index in [1.807, 2.05) is 24.3 Å². The van der Waals surface area contributed by atoms with Crippen molar-refractivity contribution in [2.45, 2.75) is 50.9 Å². The highest BCUT2D eigenvalue weighted by atomic mass is 16.4. The SMILES string of the molecule is CC(C)C(NC(=O)C(N)Cc1c[nH]c2ccccc12)C(=O)NC(Cc1ccccc1)C(=O)NC(CO)C(=O)O. The van der Waals surface area contributed by atoms with E-state index in [1.165, 1.54) is 0 Å². The van der Waals surface area contributed by atoms with Crippen molar-refractivity contribution in [3.05, 3.63) is 71.9 Å². The maximum Gasteiger partial charge on any atom is 0.328 e. The first-order valence-corrected chi connectivity index (χ1v) is 12.7. The molecule has 39 heavy (non-hydrogen) atoms. The zero-order valence-corrected chi connectivity index (χ0v) is 21.9. The number of hydrogen-bond acceptors (Lipinski definition) is 6. The van der Waals surface area contributed by atoms with Crippen LogP contribution in [0.25, 0.3) is 10.9 Å². The molecule has 0 spiro atoms. The van der Waals surface area contributed by atoms with Crippen LogP contribution < -0.4 is 21.7 Å². The number of benzene rings is 2. The molecular weight excluding hydrogens is 502 g/mol. The van der Waals surface area contributed by atoms with Crippen LogP contribution in [0.5, 0.6) is 0 Å². The predicted molar refractivity (Wildman–Crippen MR) is 145 cm³/mol. The fraction of sp³-hybridized carbons (Fsp3) is 0.357. The molecule has 3 amide bonds. The van der Waals surface area contributed by atoms with Crippen LogP contribution in [0.2, 0.25) is 0 Å². The summed E-state index contributed by atoms with van der Waals surface area (Å²) in [7, 11) is 0. The number of carboxylic acid groups (broad SMARTS) is 1. The van der Waals surface area contributed by atoms with Crippen molar-refractivity contribution < 1.29 is 29.4 Å². The molecule has 3 aromatic rings. The number of fused-ring (bicyclic) bond motifs is 1. The Balaban J connectivity index is 1.72. The van der Waals surface area contributed by atoms with E-state index in [0.29, 0.717) is 0 Å². The minimum Gasteiger partial charge on any atom is -0.480 e. The van der Waals surface area contributed by atoms with Crippen LogP contribution in [-0.4, -0.2) is 69.7 Å². The highest BCUT2D eigenvalue weighted by Crippen LogP contribution is 2.19. The first-order chi connectivity index (χ1) is 18.6. The number of amides is 3. The fourth-order valence-corrected chi connectivity index (χ4v) is 4.20. The Bertz CT molecular complexity index is 1290. The summed E-state index contributed by atoms with van der Waals surface area (Å²) >= 11 is 0. The Kier molecular flexibility index (Phi) is 10.2. The summed E-state index contributed by atoms with van der Waals surface area (Å²) in [6, 6.07) is 11.9. The van der Waals surface area contributed by atoms with E-state index in [9.17, 15) is 29.4 Å². The molecule has 11 nitrogen and oxygen atoms in total. The van der Waals surface area contributed by atoms with E-state index in [0.717, 1.165) is 22.0 Å². The number of carboxylic acids is 1. The monoisotopic (exact) mass is 537 g/mol. The highest BCUT2D eigenvalue weighted by Gasteiger charge is 2.32. The van der Waals surface area contributed by atoms with E-state index < -0.39 is 54.5 Å². The topological polar surface area (TPSA) is 187 Å². The van der Waals surface area contributed by atoms with Crippen LogP contribution in [-0.2, 0) is 32.0 Å². The Morgan fingerprint density at radius 2 is 1.49 bits per heavy atom. The molecule has 0 aliphatic carbocycles. The van der Waals surface area contributed by atoms with Crippen LogP contribution in [0.4, 0.5) is 0 Å². The van der Waals surface area contributed by atoms with Gasteiger partial charge in [0.05, 0.1) is 12.6 Å². The Morgan fingerprint density at radius 1 is 0.846 bits per heavy atom. The van der Waals surface area contributed by atoms with Crippen molar-refractivity contribution in [1.82, 2.24) is 20.9 Å². The summed E-state index contributed by atoms with van der Waals surface area (Å²) in [5.74, 6) is -3.68. The van der Waals surface area contributed by atoms with E-state index >= 15 is 0 Å². The molecule has 8 N–H and O–H groups in total. The van der Waals surface area contributed by atoms with Gasteiger partial charge in [-0.1, -0.05) is 62.4 Å². The van der Waals surface area contributed by atoms with Gasteiger partial charge in [-0.25, -0.2) is 4.79 Å². The summed E-state index contributed by atoms with van der Waals surface area (Å²) in [4.78, 5) is 53.7. The second-order valence-corrected chi connectivity index (χ2v) is 9.73. The number of nitrogens with two attached hydrogens (primary N) is 1. The molecule has 208 valence electrons. The molecular formula is C28H35N5O6. The van der Waals surface area contributed by atoms with Gasteiger partial charge >= 0.3 is 5.97 Å². The molecule has 0 bridgehead atoms. The molecule has 0 radical (unpaired) electrons. The first-order valence-electron chi connectivity index (χ1n) is 12.7. The van der Waals surface area contributed by atoms with Crippen LogP contribution in [0.1, 0.15) is 25.0 Å². The standard InChI is InChI=1S/C28H35N5O6/c1-16(2)24(33-25(35)20(29)13-18-14-30-21-11-7-6-10-19(18)21)27(37)31-22(12-17-8-4-3-5-9-17)26(36)32-23(15-34)28(38)39/h3-11,14,16,20,22-24,30,34H,12-13,15,29H2,1-2H3,(H,31,37)(H,32,36)(H,33,35)(H,38,39). The molecule has 0 fully saturated rings. The second-order valence-electron chi connectivity index (χ2n) is 9.73. The van der Waals surface area contributed by atoms with Crippen molar-refractivity contribution in [3.63, 3.8) is 0 Å². The van der Waals surface area contributed by atoms with Crippen LogP contribution in [0.15, 0.2) is 60.8 Å². The van der Waals surface area contributed by atoms with Crippen molar-refractivity contribution in [1.29, 1.82) is 0 Å². The highest BCUT2D eigenvalue weighted by molar-refractivity contribution is 5.94. The lowest BCUT2D eigenvalue weighted by Gasteiger charge is -2.27. The summed E-state index contributed by atoms with van der Waals surface area (Å²) < 4.78 is 0. The minimum absolute atomic E-state index is 0.0645. The van der Waals surface area contributed by atoms with Gasteiger partial charge in [-0.2, -0.15) is 0 Å². The van der Waals surface area contributed by atoms with Crippen LogP contribution in [0.3, 0.4) is 0 Å². The van der Waals surface area contributed by atoms with E-state index in [4.69, 9.17) is 5.73 Å². The number of aromatic nitrogens is 1. The fourth-order valence-electron chi connectivity index (χ4n) is 4.20. The maximum absolute atomic E-state index is 13.3. The second kappa shape index (κ2) is 13.5. The average Bonchev–Trinajstić information content (AvgIpc) is 3.32. The van der Waals surface area contributed by atoms with Gasteiger partial charge in [0.25, 0.3) is 0 Å². The summed E-state index contributed by atoms with van der Waals surface area (Å²) in [6.07, 6.45) is 2.11. The maximum atomic E-state index is 13.3. The minimum atomic E-state index is -1.53.